The van der Waals surface area contributed by atoms with Crippen LogP contribution in [0.2, 0.25) is 0 Å². The van der Waals surface area contributed by atoms with Gasteiger partial charge in [-0.05, 0) is 19.3 Å². The van der Waals surface area contributed by atoms with Crippen LogP contribution in [0.25, 0.3) is 0 Å². The number of benzene rings is 1. The smallest absolute Gasteiger partial charge is 0.311 e. The van der Waals surface area contributed by atoms with Gasteiger partial charge in [0.05, 0.1) is 5.57 Å². The van der Waals surface area contributed by atoms with Crippen molar-refractivity contribution in [3.63, 3.8) is 0 Å². The minimum absolute atomic E-state index is 0.134. The second kappa shape index (κ2) is 13.7. The van der Waals surface area contributed by atoms with Crippen LogP contribution in [-0.2, 0) is 9.53 Å². The van der Waals surface area contributed by atoms with Gasteiger partial charge in [-0.3, -0.25) is 14.4 Å². The molecule has 0 heterocycles. The van der Waals surface area contributed by atoms with Gasteiger partial charge in [-0.15, -0.1) is 0 Å². The molecule has 1 aliphatic rings. The molecule has 4 heteroatoms. The van der Waals surface area contributed by atoms with Gasteiger partial charge in [0.1, 0.15) is 0 Å². The number of unbranched alkanes of at least 4 members (excludes halogenated alkanes) is 9. The molecule has 0 saturated heterocycles. The van der Waals surface area contributed by atoms with Crippen molar-refractivity contribution in [3.8, 4) is 0 Å². The summed E-state index contributed by atoms with van der Waals surface area (Å²) >= 11 is 0. The van der Waals surface area contributed by atoms with E-state index in [1.54, 1.807) is 30.3 Å². The van der Waals surface area contributed by atoms with E-state index in [4.69, 9.17) is 4.74 Å². The van der Waals surface area contributed by atoms with Crippen molar-refractivity contribution in [2.75, 3.05) is 0 Å². The van der Waals surface area contributed by atoms with Gasteiger partial charge in [0.2, 0.25) is 5.78 Å². The molecule has 0 atom stereocenters. The van der Waals surface area contributed by atoms with Crippen molar-refractivity contribution in [3.05, 3.63) is 58.9 Å². The lowest BCUT2D eigenvalue weighted by atomic mass is 9.87. The Kier molecular flexibility index (Phi) is 11.0. The first-order chi connectivity index (χ1) is 15.1. The molecule has 0 spiro atoms. The third-order valence-electron chi connectivity index (χ3n) is 5.54. The quantitative estimate of drug-likeness (QED) is 0.235. The van der Waals surface area contributed by atoms with E-state index in [0.717, 1.165) is 19.3 Å². The van der Waals surface area contributed by atoms with Gasteiger partial charge in [-0.25, -0.2) is 0 Å². The first kappa shape index (κ1) is 24.8. The van der Waals surface area contributed by atoms with Crippen molar-refractivity contribution in [2.24, 2.45) is 0 Å². The molecule has 0 bridgehead atoms. The van der Waals surface area contributed by atoms with Crippen LogP contribution in [0, 0.1) is 0 Å². The summed E-state index contributed by atoms with van der Waals surface area (Å²) in [7, 11) is 0. The topological polar surface area (TPSA) is 60.4 Å². The number of Topliss-reactive ketones (excluding diaryl/α,β-unsaturated/α-hetero) is 2. The summed E-state index contributed by atoms with van der Waals surface area (Å²) in [6.45, 7) is 4.10. The number of hydrogen-bond acceptors (Lipinski definition) is 4. The van der Waals surface area contributed by atoms with E-state index >= 15 is 0 Å². The maximum absolute atomic E-state index is 13.0. The van der Waals surface area contributed by atoms with Crippen LogP contribution in [0.1, 0.15) is 112 Å². The Morgan fingerprint density at radius 3 is 2.00 bits per heavy atom. The molecule has 0 aromatic heterocycles. The Morgan fingerprint density at radius 2 is 1.39 bits per heavy atom. The van der Waals surface area contributed by atoms with Gasteiger partial charge in [0.15, 0.2) is 11.5 Å². The lowest BCUT2D eigenvalue weighted by molar-refractivity contribution is -0.139. The molecule has 1 aliphatic carbocycles. The summed E-state index contributed by atoms with van der Waals surface area (Å²) in [6, 6.07) is 6.70. The molecule has 168 valence electrons. The highest BCUT2D eigenvalue weighted by Gasteiger charge is 2.33. The lowest BCUT2D eigenvalue weighted by Crippen LogP contribution is -2.24. The number of ketones is 2. The van der Waals surface area contributed by atoms with E-state index in [1.807, 2.05) is 13.0 Å². The summed E-state index contributed by atoms with van der Waals surface area (Å²) in [5.74, 6) is -1.28. The van der Waals surface area contributed by atoms with Gasteiger partial charge in [-0.2, -0.15) is 0 Å². The molecule has 0 fully saturated rings. The van der Waals surface area contributed by atoms with Crippen molar-refractivity contribution in [1.29, 1.82) is 0 Å². The molecule has 0 aliphatic heterocycles. The highest BCUT2D eigenvalue weighted by molar-refractivity contribution is 6.27. The zero-order chi connectivity index (χ0) is 22.5. The zero-order valence-electron chi connectivity index (χ0n) is 19.1. The monoisotopic (exact) mass is 424 g/mol. The predicted molar refractivity (Wildman–Crippen MR) is 124 cm³/mol. The van der Waals surface area contributed by atoms with Crippen molar-refractivity contribution in [2.45, 2.75) is 90.9 Å². The van der Waals surface area contributed by atoms with Gasteiger partial charge >= 0.3 is 5.97 Å². The summed E-state index contributed by atoms with van der Waals surface area (Å²) in [4.78, 5) is 37.9. The number of hydrogen-bond donors (Lipinski definition) is 0. The number of allylic oxidation sites excluding steroid dienone is 4. The number of carbonyl (C=O) groups is 3. The molecule has 0 radical (unpaired) electrons. The van der Waals surface area contributed by atoms with E-state index in [9.17, 15) is 14.4 Å². The number of esters is 1. The summed E-state index contributed by atoms with van der Waals surface area (Å²) in [5.41, 5.74) is 0.845. The third-order valence-corrected chi connectivity index (χ3v) is 5.54. The summed E-state index contributed by atoms with van der Waals surface area (Å²) < 4.78 is 5.35. The average Bonchev–Trinajstić information content (AvgIpc) is 2.77. The molecule has 31 heavy (non-hydrogen) atoms. The van der Waals surface area contributed by atoms with Gasteiger partial charge in [0.25, 0.3) is 0 Å². The fourth-order valence-electron chi connectivity index (χ4n) is 3.77. The van der Waals surface area contributed by atoms with Crippen LogP contribution in [0.4, 0.5) is 0 Å². The minimum Gasteiger partial charge on any atom is -0.421 e. The Hall–Kier alpha value is -2.49. The normalized spacial score (nSPS) is 13.7. The molecule has 0 saturated carbocycles. The molecule has 0 unspecified atom stereocenters. The Morgan fingerprint density at radius 1 is 0.806 bits per heavy atom. The van der Waals surface area contributed by atoms with Crippen LogP contribution < -0.4 is 0 Å². The van der Waals surface area contributed by atoms with Crippen molar-refractivity contribution < 1.29 is 19.1 Å². The van der Waals surface area contributed by atoms with Crippen LogP contribution in [0.3, 0.4) is 0 Å². The molecule has 2 rings (SSSR count). The number of ether oxygens (including phenoxy) is 1. The fraction of sp³-hybridized carbons (Fsp3) is 0.519. The van der Waals surface area contributed by atoms with Gasteiger partial charge < -0.3 is 4.74 Å². The fourth-order valence-corrected chi connectivity index (χ4v) is 3.77. The first-order valence-corrected chi connectivity index (χ1v) is 11.9. The van der Waals surface area contributed by atoms with E-state index < -0.39 is 11.8 Å². The van der Waals surface area contributed by atoms with Crippen molar-refractivity contribution >= 4 is 17.5 Å². The lowest BCUT2D eigenvalue weighted by Gasteiger charge is -2.18. The average molecular weight is 425 g/mol. The largest absolute Gasteiger partial charge is 0.421 e. The molecule has 1 aromatic carbocycles. The molecule has 0 amide bonds. The number of carbonyl (C=O) groups excluding carboxylic acids is 3. The third kappa shape index (κ3) is 7.61. The summed E-state index contributed by atoms with van der Waals surface area (Å²) in [6.07, 6.45) is 16.6. The van der Waals surface area contributed by atoms with E-state index in [2.05, 4.69) is 6.92 Å². The second-order valence-corrected chi connectivity index (χ2v) is 8.19. The maximum atomic E-state index is 13.0. The highest BCUT2D eigenvalue weighted by atomic mass is 16.5. The first-order valence-electron chi connectivity index (χ1n) is 11.9. The van der Waals surface area contributed by atoms with Crippen LogP contribution in [0.15, 0.2) is 47.7 Å². The van der Waals surface area contributed by atoms with E-state index in [1.165, 1.54) is 44.9 Å². The highest BCUT2D eigenvalue weighted by Crippen LogP contribution is 2.28. The Bertz CT molecular complexity index is 816. The molecule has 0 N–H and O–H groups in total. The Labute approximate surface area is 186 Å². The van der Waals surface area contributed by atoms with Crippen LogP contribution >= 0.6 is 0 Å². The van der Waals surface area contributed by atoms with Gasteiger partial charge in [-0.1, -0.05) is 102 Å². The molecule has 4 nitrogen and oxygen atoms in total. The molecular formula is C27H36O4. The maximum Gasteiger partial charge on any atom is 0.311 e. The zero-order valence-corrected chi connectivity index (χ0v) is 19.1. The standard InChI is InChI=1S/C27H36O4/c1-3-5-6-7-8-9-10-11-12-13-14-20-23-25(29)21-18-15-16-19-22(21)26(30)27(23)31-24(28)17-4-2/h14-16,18-20H,3-13,17H2,1-2H3. The van der Waals surface area contributed by atoms with E-state index in [0.29, 0.717) is 17.5 Å². The molecular weight excluding hydrogens is 388 g/mol. The second-order valence-electron chi connectivity index (χ2n) is 8.19. The van der Waals surface area contributed by atoms with Gasteiger partial charge in [0, 0.05) is 17.5 Å². The van der Waals surface area contributed by atoms with Crippen LogP contribution in [-0.4, -0.2) is 17.5 Å². The number of rotatable bonds is 14. The summed E-state index contributed by atoms with van der Waals surface area (Å²) in [5, 5.41) is 0. The SMILES string of the molecule is CCCCCCCCCCCC=CC1=C(OC(=O)CCC)C(=O)c2ccccc2C1=O. The predicted octanol–water partition coefficient (Wildman–Crippen LogP) is 7.14. The van der Waals surface area contributed by atoms with Crippen molar-refractivity contribution in [1.82, 2.24) is 0 Å². The van der Waals surface area contributed by atoms with Crippen LogP contribution in [0.5, 0.6) is 0 Å². The van der Waals surface area contributed by atoms with E-state index in [-0.39, 0.29) is 23.5 Å². The number of fused-ring (bicyclic) bond motifs is 1. The molecule has 1 aromatic rings. The minimum atomic E-state index is -0.483. The Balaban J connectivity index is 1.95.